The molecule has 1 atom stereocenters. The lowest BCUT2D eigenvalue weighted by Crippen LogP contribution is -2.40. The minimum atomic E-state index is -0.320. The molecule has 140 valence electrons. The van der Waals surface area contributed by atoms with E-state index in [1.807, 2.05) is 0 Å². The van der Waals surface area contributed by atoms with Crippen LogP contribution in [0.4, 0.5) is 4.39 Å². The normalized spacial score (nSPS) is 11.2. The van der Waals surface area contributed by atoms with Crippen LogP contribution in [0.25, 0.3) is 11.5 Å². The van der Waals surface area contributed by atoms with E-state index in [2.05, 4.69) is 17.2 Å². The highest BCUT2D eigenvalue weighted by Gasteiger charge is 2.14. The third kappa shape index (κ3) is 7.42. The number of carbonyl (C=O) groups is 1. The lowest BCUT2D eigenvalue weighted by molar-refractivity contribution is -0.121. The predicted molar refractivity (Wildman–Crippen MR) is 101 cm³/mol. The molecule has 5 nitrogen and oxygen atoms in total. The number of halogens is 3. The number of nitrogens with two attached hydrogens (primary N) is 1. The summed E-state index contributed by atoms with van der Waals surface area (Å²) in [7, 11) is 0. The van der Waals surface area contributed by atoms with E-state index in [0.717, 1.165) is 19.3 Å². The summed E-state index contributed by atoms with van der Waals surface area (Å²) in [6.07, 6.45) is 4.55. The minimum Gasteiger partial charge on any atom is -0.444 e. The Bertz CT molecular complexity index is 635. The van der Waals surface area contributed by atoms with Crippen molar-refractivity contribution in [2.45, 2.75) is 38.6 Å². The molecule has 1 heterocycles. The molecular weight excluding hydrogens is 368 g/mol. The van der Waals surface area contributed by atoms with Gasteiger partial charge in [0.2, 0.25) is 11.8 Å². The first kappa shape index (κ1) is 23.4. The van der Waals surface area contributed by atoms with Crippen LogP contribution in [0.5, 0.6) is 0 Å². The van der Waals surface area contributed by atoms with Gasteiger partial charge in [0.25, 0.3) is 0 Å². The maximum atomic E-state index is 12.9. The zero-order valence-electron chi connectivity index (χ0n) is 14.0. The third-order valence-corrected chi connectivity index (χ3v) is 3.54. The van der Waals surface area contributed by atoms with Crippen LogP contribution in [0.1, 0.15) is 31.9 Å². The number of hydrogen-bond donors (Lipinski definition) is 2. The van der Waals surface area contributed by atoms with E-state index in [9.17, 15) is 9.18 Å². The van der Waals surface area contributed by atoms with Crippen molar-refractivity contribution in [2.75, 3.05) is 6.54 Å². The average molecular weight is 392 g/mol. The Morgan fingerprint density at radius 3 is 2.60 bits per heavy atom. The number of hydrogen-bond acceptors (Lipinski definition) is 4. The maximum Gasteiger partial charge on any atom is 0.226 e. The summed E-state index contributed by atoms with van der Waals surface area (Å²) in [5.41, 5.74) is 6.87. The Morgan fingerprint density at radius 1 is 1.32 bits per heavy atom. The van der Waals surface area contributed by atoms with Crippen LogP contribution in [0, 0.1) is 5.82 Å². The van der Waals surface area contributed by atoms with Crippen molar-refractivity contribution in [3.63, 3.8) is 0 Å². The predicted octanol–water partition coefficient (Wildman–Crippen LogP) is 3.50. The van der Waals surface area contributed by atoms with E-state index in [1.165, 1.54) is 18.4 Å². The van der Waals surface area contributed by atoms with Crippen LogP contribution in [-0.2, 0) is 11.2 Å². The van der Waals surface area contributed by atoms with E-state index in [4.69, 9.17) is 10.2 Å². The highest BCUT2D eigenvalue weighted by Crippen LogP contribution is 2.19. The van der Waals surface area contributed by atoms with Crippen LogP contribution in [0.2, 0.25) is 0 Å². The lowest BCUT2D eigenvalue weighted by atomic mass is 10.1. The van der Waals surface area contributed by atoms with E-state index < -0.39 is 0 Å². The van der Waals surface area contributed by atoms with Crippen LogP contribution < -0.4 is 11.1 Å². The zero-order valence-corrected chi connectivity index (χ0v) is 15.7. The summed E-state index contributed by atoms with van der Waals surface area (Å²) in [4.78, 5) is 16.3. The maximum absolute atomic E-state index is 12.9. The quantitative estimate of drug-likeness (QED) is 0.721. The number of aromatic nitrogens is 1. The van der Waals surface area contributed by atoms with Gasteiger partial charge in [0, 0.05) is 18.2 Å². The second-order valence-electron chi connectivity index (χ2n) is 5.47. The van der Waals surface area contributed by atoms with Crippen LogP contribution in [0.15, 0.2) is 34.9 Å². The number of amides is 1. The molecule has 0 radical (unpaired) electrons. The number of carbonyl (C=O) groups excluding carboxylic acids is 1. The SMILES string of the molecule is CCCCC(CN)NC(=O)Cc1coc(-c2ccc(F)cc2)n1.Cl.Cl. The second kappa shape index (κ2) is 11.8. The fourth-order valence-corrected chi connectivity index (χ4v) is 2.26. The number of benzene rings is 1. The first-order valence-electron chi connectivity index (χ1n) is 7.82. The van der Waals surface area contributed by atoms with Crippen molar-refractivity contribution < 1.29 is 13.6 Å². The molecule has 2 aromatic rings. The second-order valence-corrected chi connectivity index (χ2v) is 5.47. The molecule has 1 aromatic heterocycles. The molecule has 1 aromatic carbocycles. The molecule has 0 spiro atoms. The summed E-state index contributed by atoms with van der Waals surface area (Å²) >= 11 is 0. The van der Waals surface area contributed by atoms with Crippen molar-refractivity contribution >= 4 is 30.7 Å². The van der Waals surface area contributed by atoms with Gasteiger partial charge in [0.05, 0.1) is 12.1 Å². The number of nitrogens with zero attached hydrogens (tertiary/aromatic N) is 1. The number of nitrogens with one attached hydrogen (secondary N) is 1. The van der Waals surface area contributed by atoms with Gasteiger partial charge in [-0.15, -0.1) is 24.8 Å². The molecule has 0 fully saturated rings. The Labute approximate surface area is 159 Å². The zero-order chi connectivity index (χ0) is 16.7. The van der Waals surface area contributed by atoms with E-state index in [1.54, 1.807) is 12.1 Å². The van der Waals surface area contributed by atoms with E-state index in [0.29, 0.717) is 23.7 Å². The Balaban J connectivity index is 0.00000288. The molecular formula is C17H24Cl2FN3O2. The molecule has 0 aliphatic heterocycles. The molecule has 1 unspecified atom stereocenters. The summed E-state index contributed by atoms with van der Waals surface area (Å²) < 4.78 is 18.3. The number of rotatable bonds is 8. The highest BCUT2D eigenvalue weighted by atomic mass is 35.5. The molecule has 1 amide bonds. The summed E-state index contributed by atoms with van der Waals surface area (Å²) in [6, 6.07) is 5.84. The first-order chi connectivity index (χ1) is 11.1. The largest absolute Gasteiger partial charge is 0.444 e. The van der Waals surface area contributed by atoms with Crippen molar-refractivity contribution in [1.29, 1.82) is 0 Å². The van der Waals surface area contributed by atoms with Gasteiger partial charge in [-0.3, -0.25) is 4.79 Å². The first-order valence-corrected chi connectivity index (χ1v) is 7.82. The summed E-state index contributed by atoms with van der Waals surface area (Å²) in [6.45, 7) is 2.52. The standard InChI is InChI=1S/C17H22FN3O2.2ClH/c1-2-3-4-14(10-19)20-16(22)9-15-11-23-17(21-15)12-5-7-13(18)8-6-12;;/h5-8,11,14H,2-4,9-10,19H2,1H3,(H,20,22);2*1H. The molecule has 0 saturated heterocycles. The van der Waals surface area contributed by atoms with Gasteiger partial charge < -0.3 is 15.5 Å². The van der Waals surface area contributed by atoms with Gasteiger partial charge in [-0.05, 0) is 30.7 Å². The fraction of sp³-hybridized carbons (Fsp3) is 0.412. The Kier molecular flexibility index (Phi) is 11.1. The minimum absolute atomic E-state index is 0. The molecule has 0 aliphatic rings. The molecule has 0 aliphatic carbocycles. The lowest BCUT2D eigenvalue weighted by Gasteiger charge is -2.15. The molecule has 25 heavy (non-hydrogen) atoms. The number of oxazole rings is 1. The van der Waals surface area contributed by atoms with Gasteiger partial charge >= 0.3 is 0 Å². The topological polar surface area (TPSA) is 81.1 Å². The van der Waals surface area contributed by atoms with Crippen LogP contribution >= 0.6 is 24.8 Å². The van der Waals surface area contributed by atoms with Gasteiger partial charge in [-0.25, -0.2) is 9.37 Å². The third-order valence-electron chi connectivity index (χ3n) is 3.54. The van der Waals surface area contributed by atoms with Gasteiger partial charge in [-0.1, -0.05) is 19.8 Å². The van der Waals surface area contributed by atoms with E-state index >= 15 is 0 Å². The molecule has 0 bridgehead atoms. The van der Waals surface area contributed by atoms with Crippen molar-refractivity contribution in [1.82, 2.24) is 10.3 Å². The molecule has 2 rings (SSSR count). The average Bonchev–Trinajstić information content (AvgIpc) is 3.00. The molecule has 3 N–H and O–H groups in total. The molecule has 8 heteroatoms. The van der Waals surface area contributed by atoms with Gasteiger partial charge in [0.15, 0.2) is 0 Å². The van der Waals surface area contributed by atoms with Crippen molar-refractivity contribution in [2.24, 2.45) is 5.73 Å². The fourth-order valence-electron chi connectivity index (χ4n) is 2.26. The number of unbranched alkanes of at least 4 members (excludes halogenated alkanes) is 1. The van der Waals surface area contributed by atoms with Crippen molar-refractivity contribution in [3.8, 4) is 11.5 Å². The Morgan fingerprint density at radius 2 is 2.00 bits per heavy atom. The van der Waals surface area contributed by atoms with Crippen molar-refractivity contribution in [3.05, 3.63) is 42.0 Å². The van der Waals surface area contributed by atoms with Crippen LogP contribution in [-0.4, -0.2) is 23.5 Å². The molecule has 0 saturated carbocycles. The van der Waals surface area contributed by atoms with Gasteiger partial charge in [-0.2, -0.15) is 0 Å². The van der Waals surface area contributed by atoms with Crippen LogP contribution in [0.3, 0.4) is 0 Å². The Hall–Kier alpha value is -1.63. The van der Waals surface area contributed by atoms with E-state index in [-0.39, 0.29) is 49.0 Å². The summed E-state index contributed by atoms with van der Waals surface area (Å²) in [5.74, 6) is -0.0792. The smallest absolute Gasteiger partial charge is 0.226 e. The highest BCUT2D eigenvalue weighted by molar-refractivity contribution is 5.85. The summed E-state index contributed by atoms with van der Waals surface area (Å²) in [5, 5.41) is 2.91. The monoisotopic (exact) mass is 391 g/mol. The van der Waals surface area contributed by atoms with Gasteiger partial charge in [0.1, 0.15) is 12.1 Å².